The molecular weight excluding hydrogens is 182 g/mol. The van der Waals surface area contributed by atoms with Gasteiger partial charge in [-0.1, -0.05) is 24.3 Å². The average Bonchev–Trinajstić information content (AvgIpc) is 3.02. The van der Waals surface area contributed by atoms with E-state index in [1.54, 1.807) is 0 Å². The van der Waals surface area contributed by atoms with Gasteiger partial charge in [0, 0.05) is 11.1 Å². The standard InChI is InChI=1S/C14H15N/c1-9-5-8-11(10-6-7-10)12-3-2-4-13(15)14(9)12/h2-5,8,10H,6-7,15H2,1H3. The Balaban J connectivity index is 2.39. The number of nitrogens with two attached hydrogens (primary N) is 1. The van der Waals surface area contributed by atoms with Crippen molar-refractivity contribution in [2.75, 3.05) is 5.73 Å². The number of hydrogen-bond donors (Lipinski definition) is 1. The quantitative estimate of drug-likeness (QED) is 0.694. The van der Waals surface area contributed by atoms with E-state index in [2.05, 4.69) is 31.2 Å². The molecule has 1 aliphatic rings. The lowest BCUT2D eigenvalue weighted by Crippen LogP contribution is -1.92. The summed E-state index contributed by atoms with van der Waals surface area (Å²) in [4.78, 5) is 0. The number of benzene rings is 2. The van der Waals surface area contributed by atoms with Crippen LogP contribution in [-0.4, -0.2) is 0 Å². The normalized spacial score (nSPS) is 15.8. The summed E-state index contributed by atoms with van der Waals surface area (Å²) in [5.74, 6) is 0.787. The van der Waals surface area contributed by atoms with Crippen molar-refractivity contribution in [2.24, 2.45) is 0 Å². The molecule has 76 valence electrons. The molecule has 1 fully saturated rings. The third-order valence-electron chi connectivity index (χ3n) is 3.33. The van der Waals surface area contributed by atoms with Crippen molar-refractivity contribution in [1.82, 2.24) is 0 Å². The first-order valence-corrected chi connectivity index (χ1v) is 5.55. The Hall–Kier alpha value is -1.50. The van der Waals surface area contributed by atoms with Gasteiger partial charge in [0.1, 0.15) is 0 Å². The van der Waals surface area contributed by atoms with Crippen LogP contribution >= 0.6 is 0 Å². The molecule has 1 saturated carbocycles. The fraction of sp³-hybridized carbons (Fsp3) is 0.286. The molecule has 15 heavy (non-hydrogen) atoms. The lowest BCUT2D eigenvalue weighted by Gasteiger charge is -2.10. The second kappa shape index (κ2) is 2.99. The van der Waals surface area contributed by atoms with Gasteiger partial charge in [-0.05, 0) is 48.3 Å². The van der Waals surface area contributed by atoms with Crippen LogP contribution in [0.15, 0.2) is 30.3 Å². The van der Waals surface area contributed by atoms with Crippen LogP contribution < -0.4 is 5.73 Å². The molecule has 0 aliphatic heterocycles. The SMILES string of the molecule is Cc1ccc(C2CC2)c2cccc(N)c12. The molecule has 0 atom stereocenters. The van der Waals surface area contributed by atoms with Gasteiger partial charge < -0.3 is 5.73 Å². The summed E-state index contributed by atoms with van der Waals surface area (Å²) in [5.41, 5.74) is 9.73. The van der Waals surface area contributed by atoms with E-state index in [1.807, 2.05) is 6.07 Å². The van der Waals surface area contributed by atoms with Crippen molar-refractivity contribution in [3.63, 3.8) is 0 Å². The van der Waals surface area contributed by atoms with Gasteiger partial charge in [-0.3, -0.25) is 0 Å². The summed E-state index contributed by atoms with van der Waals surface area (Å²) in [6.07, 6.45) is 2.68. The monoisotopic (exact) mass is 197 g/mol. The molecule has 0 bridgehead atoms. The van der Waals surface area contributed by atoms with Crippen LogP contribution in [-0.2, 0) is 0 Å². The fourth-order valence-corrected chi connectivity index (χ4v) is 2.39. The van der Waals surface area contributed by atoms with Crippen LogP contribution in [0, 0.1) is 6.92 Å². The molecule has 2 aromatic carbocycles. The Morgan fingerprint density at radius 3 is 2.67 bits per heavy atom. The minimum atomic E-state index is 0.787. The Labute approximate surface area is 89.9 Å². The van der Waals surface area contributed by atoms with Crippen molar-refractivity contribution in [1.29, 1.82) is 0 Å². The van der Waals surface area contributed by atoms with Gasteiger partial charge in [-0.2, -0.15) is 0 Å². The summed E-state index contributed by atoms with van der Waals surface area (Å²) in [6.45, 7) is 2.13. The Morgan fingerprint density at radius 2 is 1.93 bits per heavy atom. The lowest BCUT2D eigenvalue weighted by atomic mass is 9.96. The van der Waals surface area contributed by atoms with E-state index in [0.29, 0.717) is 0 Å². The molecule has 0 unspecified atom stereocenters. The molecular formula is C14H15N. The summed E-state index contributed by atoms with van der Waals surface area (Å²) in [6, 6.07) is 10.7. The maximum absolute atomic E-state index is 6.05. The summed E-state index contributed by atoms with van der Waals surface area (Å²) < 4.78 is 0. The van der Waals surface area contributed by atoms with Gasteiger partial charge in [-0.25, -0.2) is 0 Å². The van der Waals surface area contributed by atoms with E-state index < -0.39 is 0 Å². The van der Waals surface area contributed by atoms with Crippen molar-refractivity contribution in [3.8, 4) is 0 Å². The summed E-state index contributed by atoms with van der Waals surface area (Å²) >= 11 is 0. The van der Waals surface area contributed by atoms with E-state index in [1.165, 1.54) is 34.7 Å². The number of anilines is 1. The number of aryl methyl sites for hydroxylation is 1. The van der Waals surface area contributed by atoms with Gasteiger partial charge in [0.25, 0.3) is 0 Å². The highest BCUT2D eigenvalue weighted by molar-refractivity contribution is 5.97. The molecule has 0 radical (unpaired) electrons. The number of hydrogen-bond acceptors (Lipinski definition) is 1. The summed E-state index contributed by atoms with van der Waals surface area (Å²) in [5, 5.41) is 2.61. The van der Waals surface area contributed by atoms with Crippen molar-refractivity contribution in [2.45, 2.75) is 25.7 Å². The molecule has 1 heteroatoms. The minimum Gasteiger partial charge on any atom is -0.398 e. The van der Waals surface area contributed by atoms with Crippen LogP contribution in [0.2, 0.25) is 0 Å². The van der Waals surface area contributed by atoms with Crippen LogP contribution in [0.3, 0.4) is 0 Å². The molecule has 0 amide bonds. The zero-order valence-electron chi connectivity index (χ0n) is 8.96. The fourth-order valence-electron chi connectivity index (χ4n) is 2.39. The Bertz CT molecular complexity index is 516. The average molecular weight is 197 g/mol. The minimum absolute atomic E-state index is 0.787. The van der Waals surface area contributed by atoms with Crippen molar-refractivity contribution in [3.05, 3.63) is 41.5 Å². The molecule has 2 N–H and O–H groups in total. The van der Waals surface area contributed by atoms with E-state index in [4.69, 9.17) is 5.73 Å². The molecule has 0 aromatic heterocycles. The lowest BCUT2D eigenvalue weighted by molar-refractivity contribution is 1.15. The molecule has 2 aromatic rings. The third-order valence-corrected chi connectivity index (χ3v) is 3.33. The van der Waals surface area contributed by atoms with E-state index in [0.717, 1.165) is 11.6 Å². The maximum Gasteiger partial charge on any atom is 0.0396 e. The van der Waals surface area contributed by atoms with Gasteiger partial charge in [0.15, 0.2) is 0 Å². The van der Waals surface area contributed by atoms with Crippen LogP contribution in [0.5, 0.6) is 0 Å². The van der Waals surface area contributed by atoms with E-state index in [9.17, 15) is 0 Å². The maximum atomic E-state index is 6.05. The van der Waals surface area contributed by atoms with Gasteiger partial charge in [0.05, 0.1) is 0 Å². The van der Waals surface area contributed by atoms with Crippen LogP contribution in [0.1, 0.15) is 29.9 Å². The predicted molar refractivity (Wildman–Crippen MR) is 65.1 cm³/mol. The zero-order chi connectivity index (χ0) is 10.4. The first-order valence-electron chi connectivity index (χ1n) is 5.55. The number of nitrogen functional groups attached to an aromatic ring is 1. The smallest absolute Gasteiger partial charge is 0.0396 e. The van der Waals surface area contributed by atoms with Gasteiger partial charge in [0.2, 0.25) is 0 Å². The molecule has 0 spiro atoms. The highest BCUT2D eigenvalue weighted by Gasteiger charge is 2.25. The van der Waals surface area contributed by atoms with Crippen LogP contribution in [0.25, 0.3) is 10.8 Å². The second-order valence-electron chi connectivity index (χ2n) is 4.52. The molecule has 1 nitrogen and oxygen atoms in total. The predicted octanol–water partition coefficient (Wildman–Crippen LogP) is 3.61. The second-order valence-corrected chi connectivity index (χ2v) is 4.52. The van der Waals surface area contributed by atoms with Crippen molar-refractivity contribution < 1.29 is 0 Å². The topological polar surface area (TPSA) is 26.0 Å². The first-order chi connectivity index (χ1) is 7.27. The largest absolute Gasteiger partial charge is 0.398 e. The zero-order valence-corrected chi connectivity index (χ0v) is 8.96. The number of fused-ring (bicyclic) bond motifs is 1. The van der Waals surface area contributed by atoms with E-state index >= 15 is 0 Å². The van der Waals surface area contributed by atoms with E-state index in [-0.39, 0.29) is 0 Å². The number of rotatable bonds is 1. The molecule has 1 aliphatic carbocycles. The molecule has 3 rings (SSSR count). The first kappa shape index (κ1) is 8.78. The third kappa shape index (κ3) is 1.30. The molecule has 0 saturated heterocycles. The Kier molecular flexibility index (Phi) is 1.75. The Morgan fingerprint density at radius 1 is 1.13 bits per heavy atom. The van der Waals surface area contributed by atoms with Gasteiger partial charge >= 0.3 is 0 Å². The van der Waals surface area contributed by atoms with Crippen LogP contribution in [0.4, 0.5) is 5.69 Å². The van der Waals surface area contributed by atoms with Crippen molar-refractivity contribution >= 4 is 16.5 Å². The highest BCUT2D eigenvalue weighted by Crippen LogP contribution is 2.44. The molecule has 0 heterocycles. The summed E-state index contributed by atoms with van der Waals surface area (Å²) in [7, 11) is 0. The van der Waals surface area contributed by atoms with Gasteiger partial charge in [-0.15, -0.1) is 0 Å². The highest BCUT2D eigenvalue weighted by atomic mass is 14.6.